The standard InChI is InChI=1S/C22H22F3N5O2S/c1-14(10-18(31)17-11-20(28-13-27-17)30-6-8-32-9-7-30)19-12-26-21(33-19)29-16-4-2-15(3-5-16)22(23,24)25/h2-5,11-14H,6-10H2,1H3,(H,26,29). The molecule has 1 saturated heterocycles. The molecule has 3 heterocycles. The van der Waals surface area contributed by atoms with Gasteiger partial charge in [-0.05, 0) is 30.2 Å². The molecule has 0 radical (unpaired) electrons. The maximum absolute atomic E-state index is 12.8. The van der Waals surface area contributed by atoms with Crippen molar-refractivity contribution < 1.29 is 22.7 Å². The molecular formula is C22H22F3N5O2S. The molecule has 3 aromatic rings. The molecule has 0 bridgehead atoms. The number of ketones is 1. The first kappa shape index (κ1) is 23.1. The van der Waals surface area contributed by atoms with Crippen molar-refractivity contribution >= 4 is 33.8 Å². The Morgan fingerprint density at radius 3 is 2.61 bits per heavy atom. The van der Waals surface area contributed by atoms with Crippen LogP contribution in [0.15, 0.2) is 42.9 Å². The molecular weight excluding hydrogens is 455 g/mol. The van der Waals surface area contributed by atoms with E-state index in [-0.39, 0.29) is 18.1 Å². The van der Waals surface area contributed by atoms with Gasteiger partial charge in [0.1, 0.15) is 17.8 Å². The third-order valence-corrected chi connectivity index (χ3v) is 6.38. The quantitative estimate of drug-likeness (QED) is 0.485. The van der Waals surface area contributed by atoms with Gasteiger partial charge >= 0.3 is 6.18 Å². The fraction of sp³-hybridized carbons (Fsp3) is 0.364. The van der Waals surface area contributed by atoms with E-state index in [0.717, 1.165) is 30.1 Å². The lowest BCUT2D eigenvalue weighted by Gasteiger charge is -2.27. The summed E-state index contributed by atoms with van der Waals surface area (Å²) in [6, 6.07) is 6.47. The molecule has 1 fully saturated rings. The number of Topliss-reactive ketones (excluding diaryl/α,β-unsaturated/α-hetero) is 1. The van der Waals surface area contributed by atoms with E-state index in [9.17, 15) is 18.0 Å². The van der Waals surface area contributed by atoms with Crippen LogP contribution in [-0.4, -0.2) is 47.0 Å². The topological polar surface area (TPSA) is 80.2 Å². The van der Waals surface area contributed by atoms with Gasteiger partial charge in [0.2, 0.25) is 0 Å². The number of hydrogen-bond acceptors (Lipinski definition) is 8. The molecule has 1 aromatic carbocycles. The molecule has 4 rings (SSSR count). The van der Waals surface area contributed by atoms with Crippen LogP contribution >= 0.6 is 11.3 Å². The summed E-state index contributed by atoms with van der Waals surface area (Å²) >= 11 is 1.36. The summed E-state index contributed by atoms with van der Waals surface area (Å²) in [6.07, 6.45) is -1.04. The van der Waals surface area contributed by atoms with Gasteiger partial charge in [-0.3, -0.25) is 4.79 Å². The minimum absolute atomic E-state index is 0.0925. The highest BCUT2D eigenvalue weighted by atomic mass is 32.1. The Balaban J connectivity index is 1.37. The lowest BCUT2D eigenvalue weighted by molar-refractivity contribution is -0.137. The molecule has 1 aliphatic heterocycles. The summed E-state index contributed by atoms with van der Waals surface area (Å²) in [5.74, 6) is 0.523. The van der Waals surface area contributed by atoms with Crippen LogP contribution in [-0.2, 0) is 10.9 Å². The van der Waals surface area contributed by atoms with Gasteiger partial charge in [-0.2, -0.15) is 13.2 Å². The van der Waals surface area contributed by atoms with Gasteiger partial charge in [-0.1, -0.05) is 6.92 Å². The first-order chi connectivity index (χ1) is 15.8. The first-order valence-corrected chi connectivity index (χ1v) is 11.2. The molecule has 1 unspecified atom stereocenters. The second-order valence-electron chi connectivity index (χ2n) is 7.66. The minimum atomic E-state index is -4.37. The van der Waals surface area contributed by atoms with Crippen LogP contribution in [0.3, 0.4) is 0 Å². The van der Waals surface area contributed by atoms with Crippen LogP contribution in [0.2, 0.25) is 0 Å². The van der Waals surface area contributed by atoms with Gasteiger partial charge in [0.25, 0.3) is 0 Å². The van der Waals surface area contributed by atoms with Crippen molar-refractivity contribution in [2.45, 2.75) is 25.4 Å². The number of carbonyl (C=O) groups is 1. The van der Waals surface area contributed by atoms with Gasteiger partial charge in [0.15, 0.2) is 10.9 Å². The first-order valence-electron chi connectivity index (χ1n) is 10.4. The monoisotopic (exact) mass is 477 g/mol. The number of aromatic nitrogens is 3. The third-order valence-electron chi connectivity index (χ3n) is 5.24. The van der Waals surface area contributed by atoms with Crippen LogP contribution in [0.25, 0.3) is 0 Å². The average Bonchev–Trinajstić information content (AvgIpc) is 3.28. The molecule has 33 heavy (non-hydrogen) atoms. The number of thiazole rings is 1. The number of anilines is 3. The molecule has 0 amide bonds. The van der Waals surface area contributed by atoms with Crippen LogP contribution in [0, 0.1) is 0 Å². The predicted molar refractivity (Wildman–Crippen MR) is 119 cm³/mol. The van der Waals surface area contributed by atoms with Crippen LogP contribution in [0.5, 0.6) is 0 Å². The summed E-state index contributed by atoms with van der Waals surface area (Å²) in [4.78, 5) is 28.5. The zero-order chi connectivity index (χ0) is 23.4. The van der Waals surface area contributed by atoms with Gasteiger partial charge in [0.05, 0.1) is 18.8 Å². The predicted octanol–water partition coefficient (Wildman–Crippen LogP) is 4.91. The van der Waals surface area contributed by atoms with Crippen LogP contribution < -0.4 is 10.2 Å². The Morgan fingerprint density at radius 2 is 1.91 bits per heavy atom. The van der Waals surface area contributed by atoms with Crippen LogP contribution in [0.1, 0.15) is 40.2 Å². The van der Waals surface area contributed by atoms with E-state index in [0.29, 0.717) is 35.5 Å². The van der Waals surface area contributed by atoms with E-state index < -0.39 is 11.7 Å². The SMILES string of the molecule is CC(CC(=O)c1cc(N2CCOCC2)ncn1)c1cnc(Nc2ccc(C(F)(F)F)cc2)s1. The highest BCUT2D eigenvalue weighted by Gasteiger charge is 2.30. The van der Waals surface area contributed by atoms with Crippen molar-refractivity contribution in [2.75, 3.05) is 36.5 Å². The maximum Gasteiger partial charge on any atom is 0.416 e. The van der Waals surface area contributed by atoms with Crippen molar-refractivity contribution in [1.82, 2.24) is 15.0 Å². The number of carbonyl (C=O) groups excluding carboxylic acids is 1. The third kappa shape index (κ3) is 5.85. The van der Waals surface area contributed by atoms with E-state index >= 15 is 0 Å². The molecule has 0 spiro atoms. The number of alkyl halides is 3. The van der Waals surface area contributed by atoms with Crippen molar-refractivity contribution in [1.29, 1.82) is 0 Å². The zero-order valence-electron chi connectivity index (χ0n) is 17.8. The molecule has 1 N–H and O–H groups in total. The Hall–Kier alpha value is -3.05. The summed E-state index contributed by atoms with van der Waals surface area (Å²) in [5, 5.41) is 3.55. The van der Waals surface area contributed by atoms with Crippen molar-refractivity contribution in [3.63, 3.8) is 0 Å². The Labute approximate surface area is 192 Å². The molecule has 11 heteroatoms. The number of nitrogens with one attached hydrogen (secondary N) is 1. The second-order valence-corrected chi connectivity index (χ2v) is 8.72. The molecule has 174 valence electrons. The summed E-state index contributed by atoms with van der Waals surface area (Å²) in [7, 11) is 0. The van der Waals surface area contributed by atoms with Gasteiger partial charge in [0, 0.05) is 42.3 Å². The number of hydrogen-bond donors (Lipinski definition) is 1. The van der Waals surface area contributed by atoms with E-state index in [4.69, 9.17) is 4.74 Å². The van der Waals surface area contributed by atoms with Crippen molar-refractivity contribution in [3.8, 4) is 0 Å². The lowest BCUT2D eigenvalue weighted by Crippen LogP contribution is -2.36. The average molecular weight is 478 g/mol. The highest BCUT2D eigenvalue weighted by Crippen LogP contribution is 2.33. The van der Waals surface area contributed by atoms with E-state index in [2.05, 4.69) is 25.2 Å². The molecule has 1 atom stereocenters. The number of nitrogens with zero attached hydrogens (tertiary/aromatic N) is 4. The van der Waals surface area contributed by atoms with E-state index in [1.54, 1.807) is 12.3 Å². The second kappa shape index (κ2) is 9.84. The number of halogens is 3. The Kier molecular flexibility index (Phi) is 6.89. The van der Waals surface area contributed by atoms with Gasteiger partial charge in [-0.25, -0.2) is 15.0 Å². The number of ether oxygens (including phenoxy) is 1. The molecule has 7 nitrogen and oxygen atoms in total. The fourth-order valence-corrected chi connectivity index (χ4v) is 4.27. The Morgan fingerprint density at radius 1 is 1.18 bits per heavy atom. The van der Waals surface area contributed by atoms with Crippen molar-refractivity contribution in [2.24, 2.45) is 0 Å². The lowest BCUT2D eigenvalue weighted by atomic mass is 10.0. The maximum atomic E-state index is 12.8. The summed E-state index contributed by atoms with van der Waals surface area (Å²) in [6.45, 7) is 4.61. The van der Waals surface area contributed by atoms with Gasteiger partial charge in [-0.15, -0.1) is 11.3 Å². The smallest absolute Gasteiger partial charge is 0.378 e. The van der Waals surface area contributed by atoms with Gasteiger partial charge < -0.3 is 15.0 Å². The zero-order valence-corrected chi connectivity index (χ0v) is 18.6. The minimum Gasteiger partial charge on any atom is -0.378 e. The molecule has 1 aliphatic rings. The van der Waals surface area contributed by atoms with E-state index in [1.807, 2.05) is 6.92 Å². The summed E-state index contributed by atoms with van der Waals surface area (Å²) < 4.78 is 43.5. The normalized spacial score (nSPS) is 15.3. The number of rotatable bonds is 7. The molecule has 0 saturated carbocycles. The molecule has 0 aliphatic carbocycles. The largest absolute Gasteiger partial charge is 0.416 e. The summed E-state index contributed by atoms with van der Waals surface area (Å²) in [5.41, 5.74) is 0.164. The van der Waals surface area contributed by atoms with Crippen molar-refractivity contribution in [3.05, 3.63) is 59.0 Å². The van der Waals surface area contributed by atoms with Crippen LogP contribution in [0.4, 0.5) is 29.8 Å². The number of benzene rings is 1. The number of morpholine rings is 1. The molecule has 2 aromatic heterocycles. The fourth-order valence-electron chi connectivity index (χ4n) is 3.39. The highest BCUT2D eigenvalue weighted by molar-refractivity contribution is 7.15. The van der Waals surface area contributed by atoms with E-state index in [1.165, 1.54) is 29.8 Å². The Bertz CT molecular complexity index is 1100.